The molecule has 0 spiro atoms. The van der Waals surface area contributed by atoms with Gasteiger partial charge >= 0.3 is 11.6 Å². The quantitative estimate of drug-likeness (QED) is 0.145. The van der Waals surface area contributed by atoms with Gasteiger partial charge in [0.15, 0.2) is 0 Å². The van der Waals surface area contributed by atoms with Crippen molar-refractivity contribution in [2.24, 2.45) is 0 Å². The zero-order chi connectivity index (χ0) is 21.5. The van der Waals surface area contributed by atoms with Crippen molar-refractivity contribution in [3.8, 4) is 22.6 Å². The zero-order valence-electron chi connectivity index (χ0n) is 17.4. The van der Waals surface area contributed by atoms with E-state index in [0.717, 1.165) is 23.1 Å². The molecule has 0 aliphatic rings. The molecule has 5 nitrogen and oxygen atoms in total. The third-order valence-electron chi connectivity index (χ3n) is 4.70. The zero-order valence-corrected chi connectivity index (χ0v) is 17.4. The molecule has 2 aromatic carbocycles. The summed E-state index contributed by atoms with van der Waals surface area (Å²) in [7, 11) is 0. The second-order valence-corrected chi connectivity index (χ2v) is 7.25. The molecule has 0 aliphatic carbocycles. The second kappa shape index (κ2) is 9.92. The van der Waals surface area contributed by atoms with Crippen molar-refractivity contribution in [1.29, 1.82) is 0 Å². The van der Waals surface area contributed by atoms with Crippen molar-refractivity contribution in [3.63, 3.8) is 0 Å². The summed E-state index contributed by atoms with van der Waals surface area (Å²) < 4.78 is 16.4. The molecule has 0 atom stereocenters. The smallest absolute Gasteiger partial charge is 0.344 e. The van der Waals surface area contributed by atoms with Crippen LogP contribution in [0.5, 0.6) is 11.5 Å². The molecule has 156 valence electrons. The van der Waals surface area contributed by atoms with E-state index in [4.69, 9.17) is 13.9 Å². The van der Waals surface area contributed by atoms with Crippen LogP contribution in [-0.4, -0.2) is 12.6 Å². The summed E-state index contributed by atoms with van der Waals surface area (Å²) in [5, 5.41) is 0.732. The largest absolute Gasteiger partial charge is 0.494 e. The van der Waals surface area contributed by atoms with Gasteiger partial charge in [0.1, 0.15) is 17.1 Å². The lowest BCUT2D eigenvalue weighted by atomic mass is 10.1. The fraction of sp³-hybridized carbons (Fsp3) is 0.280. The van der Waals surface area contributed by atoms with Gasteiger partial charge < -0.3 is 13.9 Å². The van der Waals surface area contributed by atoms with Gasteiger partial charge in [0, 0.05) is 17.0 Å². The van der Waals surface area contributed by atoms with Crippen molar-refractivity contribution >= 4 is 16.9 Å². The Bertz CT molecular complexity index is 1090. The molecule has 30 heavy (non-hydrogen) atoms. The van der Waals surface area contributed by atoms with Crippen molar-refractivity contribution < 1.29 is 18.7 Å². The van der Waals surface area contributed by atoms with E-state index in [1.54, 1.807) is 25.1 Å². The molecule has 0 aliphatic heterocycles. The molecular weight excluding hydrogens is 380 g/mol. The summed E-state index contributed by atoms with van der Waals surface area (Å²) in [5.41, 5.74) is 1.40. The molecule has 0 fully saturated rings. The number of carbonyl (C=O) groups is 1. The van der Waals surface area contributed by atoms with E-state index in [2.05, 4.69) is 13.5 Å². The molecule has 1 heterocycles. The van der Waals surface area contributed by atoms with Crippen LogP contribution in [0.1, 0.15) is 39.5 Å². The van der Waals surface area contributed by atoms with Crippen LogP contribution in [0.15, 0.2) is 69.9 Å². The van der Waals surface area contributed by atoms with E-state index in [1.807, 2.05) is 24.3 Å². The lowest BCUT2D eigenvalue weighted by Crippen LogP contribution is -2.08. The van der Waals surface area contributed by atoms with Gasteiger partial charge in [0.2, 0.25) is 0 Å². The van der Waals surface area contributed by atoms with Crippen LogP contribution in [0, 0.1) is 0 Å². The highest BCUT2D eigenvalue weighted by Crippen LogP contribution is 2.26. The lowest BCUT2D eigenvalue weighted by molar-refractivity contribution is -0.130. The van der Waals surface area contributed by atoms with Crippen LogP contribution in [0.4, 0.5) is 0 Å². The van der Waals surface area contributed by atoms with Gasteiger partial charge in [-0.3, -0.25) is 0 Å². The first-order valence-corrected chi connectivity index (χ1v) is 10.2. The third-order valence-corrected chi connectivity index (χ3v) is 4.70. The van der Waals surface area contributed by atoms with Crippen LogP contribution in [0.2, 0.25) is 0 Å². The fourth-order valence-electron chi connectivity index (χ4n) is 3.00. The molecule has 3 rings (SSSR count). The highest BCUT2D eigenvalue weighted by Gasteiger charge is 2.11. The average Bonchev–Trinajstić information content (AvgIpc) is 2.73. The molecule has 0 saturated heterocycles. The van der Waals surface area contributed by atoms with E-state index >= 15 is 0 Å². The maximum atomic E-state index is 12.5. The molecule has 3 aromatic rings. The standard InChI is InChI=1S/C25H26O5/c1-4-5-6-7-14-28-20-11-8-18(9-12-20)22-15-19-10-13-21(29-24(26)17(2)3)16-23(19)30-25(22)27/h8-13,15-16H,2,4-7,14H2,1,3H3. The minimum Gasteiger partial charge on any atom is -0.494 e. The number of ether oxygens (including phenoxy) is 2. The number of hydrogen-bond donors (Lipinski definition) is 0. The average molecular weight is 406 g/mol. The number of benzene rings is 2. The molecule has 0 radical (unpaired) electrons. The number of hydrogen-bond acceptors (Lipinski definition) is 5. The normalized spacial score (nSPS) is 10.7. The topological polar surface area (TPSA) is 65.7 Å². The highest BCUT2D eigenvalue weighted by atomic mass is 16.5. The first kappa shape index (κ1) is 21.4. The highest BCUT2D eigenvalue weighted by molar-refractivity contribution is 5.90. The summed E-state index contributed by atoms with van der Waals surface area (Å²) in [5.74, 6) is 0.553. The molecule has 1 aromatic heterocycles. The molecular formula is C25H26O5. The van der Waals surface area contributed by atoms with Crippen molar-refractivity contribution in [3.05, 3.63) is 71.1 Å². The van der Waals surface area contributed by atoms with E-state index < -0.39 is 11.6 Å². The van der Waals surface area contributed by atoms with Gasteiger partial charge in [-0.05, 0) is 49.2 Å². The molecule has 0 N–H and O–H groups in total. The second-order valence-electron chi connectivity index (χ2n) is 7.25. The van der Waals surface area contributed by atoms with Crippen LogP contribution < -0.4 is 15.1 Å². The summed E-state index contributed by atoms with van der Waals surface area (Å²) in [6.45, 7) is 7.99. The Labute approximate surface area is 175 Å². The van der Waals surface area contributed by atoms with Gasteiger partial charge in [-0.2, -0.15) is 0 Å². The molecule has 0 bridgehead atoms. The number of esters is 1. The summed E-state index contributed by atoms with van der Waals surface area (Å²) >= 11 is 0. The number of unbranched alkanes of at least 4 members (excludes halogenated alkanes) is 3. The minimum atomic E-state index is -0.527. The predicted octanol–water partition coefficient (Wildman–Crippen LogP) is 5.90. The van der Waals surface area contributed by atoms with Gasteiger partial charge in [-0.25, -0.2) is 9.59 Å². The first-order chi connectivity index (χ1) is 14.5. The van der Waals surface area contributed by atoms with Gasteiger partial charge in [-0.15, -0.1) is 0 Å². The van der Waals surface area contributed by atoms with Crippen molar-refractivity contribution in [2.45, 2.75) is 39.5 Å². The monoisotopic (exact) mass is 406 g/mol. The maximum absolute atomic E-state index is 12.5. The molecule has 0 saturated carbocycles. The van der Waals surface area contributed by atoms with Crippen LogP contribution in [0.25, 0.3) is 22.1 Å². The number of fused-ring (bicyclic) bond motifs is 1. The fourth-order valence-corrected chi connectivity index (χ4v) is 3.00. The Morgan fingerprint density at radius 3 is 2.43 bits per heavy atom. The van der Waals surface area contributed by atoms with Crippen molar-refractivity contribution in [2.75, 3.05) is 6.61 Å². The SMILES string of the molecule is C=C(C)C(=O)Oc1ccc2cc(-c3ccc(OCCCCCC)cc3)c(=O)oc2c1. The number of rotatable bonds is 9. The maximum Gasteiger partial charge on any atom is 0.344 e. The Kier molecular flexibility index (Phi) is 7.07. The van der Waals surface area contributed by atoms with E-state index in [0.29, 0.717) is 29.1 Å². The molecule has 0 amide bonds. The Balaban J connectivity index is 1.76. The first-order valence-electron chi connectivity index (χ1n) is 10.2. The molecule has 5 heteroatoms. The van der Waals surface area contributed by atoms with E-state index in [9.17, 15) is 9.59 Å². The Morgan fingerprint density at radius 1 is 1.00 bits per heavy atom. The van der Waals surface area contributed by atoms with Gasteiger partial charge in [0.25, 0.3) is 0 Å². The summed E-state index contributed by atoms with van der Waals surface area (Å²) in [6, 6.07) is 14.1. The number of carbonyl (C=O) groups excluding carboxylic acids is 1. The third kappa shape index (κ3) is 5.38. The summed E-state index contributed by atoms with van der Waals surface area (Å²) in [4.78, 5) is 24.2. The van der Waals surface area contributed by atoms with Crippen LogP contribution in [0.3, 0.4) is 0 Å². The van der Waals surface area contributed by atoms with E-state index in [1.165, 1.54) is 25.3 Å². The van der Waals surface area contributed by atoms with Crippen LogP contribution >= 0.6 is 0 Å². The Morgan fingerprint density at radius 2 is 1.73 bits per heavy atom. The summed E-state index contributed by atoms with van der Waals surface area (Å²) in [6.07, 6.45) is 4.62. The van der Waals surface area contributed by atoms with Gasteiger partial charge in [-0.1, -0.05) is 44.9 Å². The van der Waals surface area contributed by atoms with E-state index in [-0.39, 0.29) is 0 Å². The van der Waals surface area contributed by atoms with Crippen LogP contribution in [-0.2, 0) is 4.79 Å². The Hall–Kier alpha value is -3.34. The predicted molar refractivity (Wildman–Crippen MR) is 118 cm³/mol. The molecule has 0 unspecified atom stereocenters. The lowest BCUT2D eigenvalue weighted by Gasteiger charge is -2.08. The van der Waals surface area contributed by atoms with Gasteiger partial charge in [0.05, 0.1) is 12.2 Å². The van der Waals surface area contributed by atoms with Crippen molar-refractivity contribution in [1.82, 2.24) is 0 Å². The minimum absolute atomic E-state index is 0.292.